The highest BCUT2D eigenvalue weighted by molar-refractivity contribution is 6.48. The fourth-order valence-corrected chi connectivity index (χ4v) is 2.60. The van der Waals surface area contributed by atoms with Crippen LogP contribution in [0.3, 0.4) is 0 Å². The molecule has 0 atom stereocenters. The monoisotopic (exact) mass is 288 g/mol. The van der Waals surface area contributed by atoms with Crippen molar-refractivity contribution in [2.75, 3.05) is 5.73 Å². The molecule has 0 amide bonds. The molecule has 17 heavy (non-hydrogen) atoms. The lowest BCUT2D eigenvalue weighted by atomic mass is 10.1. The number of pyridine rings is 1. The number of halogens is 3. The van der Waals surface area contributed by atoms with Crippen LogP contribution in [0.1, 0.15) is 18.2 Å². The summed E-state index contributed by atoms with van der Waals surface area (Å²) in [7, 11) is 0. The number of hydrogen-bond acceptors (Lipinski definition) is 2. The summed E-state index contributed by atoms with van der Waals surface area (Å²) in [6, 6.07) is 1.59. The molecule has 2 aromatic rings. The molecule has 0 spiro atoms. The van der Waals surface area contributed by atoms with E-state index in [4.69, 9.17) is 40.5 Å². The number of nitrogens with zero attached hydrogens (tertiary/aromatic N) is 1. The predicted molar refractivity (Wildman–Crippen MR) is 75.3 cm³/mol. The highest BCUT2D eigenvalue weighted by Crippen LogP contribution is 2.39. The van der Waals surface area contributed by atoms with Gasteiger partial charge in [0.2, 0.25) is 0 Å². The Bertz CT molecular complexity index is 609. The Morgan fingerprint density at radius 3 is 2.47 bits per heavy atom. The van der Waals surface area contributed by atoms with Gasteiger partial charge in [0.1, 0.15) is 0 Å². The molecule has 2 nitrogen and oxygen atoms in total. The van der Waals surface area contributed by atoms with Gasteiger partial charge in [-0.1, -0.05) is 41.7 Å². The van der Waals surface area contributed by atoms with Crippen molar-refractivity contribution in [3.05, 3.63) is 32.4 Å². The van der Waals surface area contributed by atoms with Crippen LogP contribution < -0.4 is 5.73 Å². The standard InChI is InChI=1S/C12H11Cl3N2/c1-3-8-5(2)11(16)9-10(15)6(13)4-7(14)12(9)17-8/h4H,3H2,1-2H3,(H2,16,17). The van der Waals surface area contributed by atoms with Gasteiger partial charge in [-0.3, -0.25) is 4.98 Å². The first-order valence-electron chi connectivity index (χ1n) is 5.19. The van der Waals surface area contributed by atoms with Crippen molar-refractivity contribution in [2.45, 2.75) is 20.3 Å². The second-order valence-corrected chi connectivity index (χ2v) is 5.02. The number of rotatable bonds is 1. The number of benzene rings is 1. The van der Waals surface area contributed by atoms with Crippen LogP contribution in [0, 0.1) is 6.92 Å². The lowest BCUT2D eigenvalue weighted by Crippen LogP contribution is -2.01. The molecular formula is C12H11Cl3N2. The van der Waals surface area contributed by atoms with Crippen LogP contribution in [0.25, 0.3) is 10.9 Å². The van der Waals surface area contributed by atoms with Gasteiger partial charge in [0.25, 0.3) is 0 Å². The van der Waals surface area contributed by atoms with Crippen LogP contribution in [0.15, 0.2) is 6.07 Å². The van der Waals surface area contributed by atoms with Crippen molar-refractivity contribution in [2.24, 2.45) is 0 Å². The second kappa shape index (κ2) is 4.52. The third kappa shape index (κ3) is 1.95. The predicted octanol–water partition coefficient (Wildman–Crippen LogP) is 4.65. The van der Waals surface area contributed by atoms with E-state index in [0.29, 0.717) is 31.7 Å². The Hall–Kier alpha value is -0.700. The average molecular weight is 290 g/mol. The molecule has 0 bridgehead atoms. The van der Waals surface area contributed by atoms with E-state index in [2.05, 4.69) is 4.98 Å². The number of anilines is 1. The summed E-state index contributed by atoms with van der Waals surface area (Å²) < 4.78 is 0. The zero-order valence-corrected chi connectivity index (χ0v) is 11.7. The summed E-state index contributed by atoms with van der Waals surface area (Å²) in [5.41, 5.74) is 9.16. The van der Waals surface area contributed by atoms with E-state index < -0.39 is 0 Å². The van der Waals surface area contributed by atoms with Crippen molar-refractivity contribution in [3.63, 3.8) is 0 Å². The van der Waals surface area contributed by atoms with Gasteiger partial charge < -0.3 is 5.73 Å². The molecule has 0 fully saturated rings. The highest BCUT2D eigenvalue weighted by atomic mass is 35.5. The summed E-state index contributed by atoms with van der Waals surface area (Å²) in [4.78, 5) is 4.50. The van der Waals surface area contributed by atoms with Crippen LogP contribution in [0.2, 0.25) is 15.1 Å². The Morgan fingerprint density at radius 1 is 1.24 bits per heavy atom. The maximum atomic E-state index is 6.16. The largest absolute Gasteiger partial charge is 0.398 e. The van der Waals surface area contributed by atoms with Crippen molar-refractivity contribution < 1.29 is 0 Å². The molecule has 1 aromatic carbocycles. The van der Waals surface area contributed by atoms with E-state index in [1.807, 2.05) is 13.8 Å². The van der Waals surface area contributed by atoms with Crippen LogP contribution in [0.5, 0.6) is 0 Å². The van der Waals surface area contributed by atoms with E-state index in [1.54, 1.807) is 6.07 Å². The smallest absolute Gasteiger partial charge is 0.0928 e. The quantitative estimate of drug-likeness (QED) is 0.776. The number of nitrogens with two attached hydrogens (primary N) is 1. The zero-order valence-electron chi connectivity index (χ0n) is 9.44. The molecule has 5 heteroatoms. The molecule has 0 unspecified atom stereocenters. The summed E-state index contributed by atoms with van der Waals surface area (Å²) in [6.07, 6.45) is 0.794. The van der Waals surface area contributed by atoms with Crippen molar-refractivity contribution in [3.8, 4) is 0 Å². The molecule has 2 N–H and O–H groups in total. The van der Waals surface area contributed by atoms with E-state index in [-0.39, 0.29) is 0 Å². The Morgan fingerprint density at radius 2 is 1.88 bits per heavy atom. The molecule has 0 saturated heterocycles. The summed E-state index contributed by atoms with van der Waals surface area (Å²) in [6.45, 7) is 3.94. The summed E-state index contributed by atoms with van der Waals surface area (Å²) >= 11 is 18.3. The first-order chi connectivity index (χ1) is 7.97. The fraction of sp³-hybridized carbons (Fsp3) is 0.250. The zero-order chi connectivity index (χ0) is 12.7. The maximum Gasteiger partial charge on any atom is 0.0928 e. The van der Waals surface area contributed by atoms with Crippen molar-refractivity contribution in [1.82, 2.24) is 4.98 Å². The first-order valence-corrected chi connectivity index (χ1v) is 6.32. The topological polar surface area (TPSA) is 38.9 Å². The fourth-order valence-electron chi connectivity index (χ4n) is 1.85. The van der Waals surface area contributed by atoms with E-state index in [1.165, 1.54) is 0 Å². The van der Waals surface area contributed by atoms with Gasteiger partial charge in [-0.2, -0.15) is 0 Å². The number of hydrogen-bond donors (Lipinski definition) is 1. The molecule has 1 aromatic heterocycles. The second-order valence-electron chi connectivity index (χ2n) is 3.83. The van der Waals surface area contributed by atoms with Crippen molar-refractivity contribution >= 4 is 51.4 Å². The highest BCUT2D eigenvalue weighted by Gasteiger charge is 2.16. The van der Waals surface area contributed by atoms with Gasteiger partial charge in [-0.25, -0.2) is 0 Å². The number of aromatic nitrogens is 1. The van der Waals surface area contributed by atoms with E-state index >= 15 is 0 Å². The third-order valence-corrected chi connectivity index (χ3v) is 3.91. The molecule has 2 rings (SSSR count). The van der Waals surface area contributed by atoms with E-state index in [0.717, 1.165) is 17.7 Å². The maximum absolute atomic E-state index is 6.16. The number of aryl methyl sites for hydroxylation is 1. The Kier molecular flexibility index (Phi) is 3.39. The van der Waals surface area contributed by atoms with Crippen molar-refractivity contribution in [1.29, 1.82) is 0 Å². The van der Waals surface area contributed by atoms with Crippen LogP contribution >= 0.6 is 34.8 Å². The van der Waals surface area contributed by atoms with Gasteiger partial charge in [0.05, 0.1) is 20.6 Å². The average Bonchev–Trinajstić information content (AvgIpc) is 2.29. The molecule has 0 aliphatic heterocycles. The lowest BCUT2D eigenvalue weighted by molar-refractivity contribution is 1.03. The van der Waals surface area contributed by atoms with E-state index in [9.17, 15) is 0 Å². The molecule has 0 radical (unpaired) electrons. The number of nitrogen functional groups attached to an aromatic ring is 1. The lowest BCUT2D eigenvalue weighted by Gasteiger charge is -2.13. The van der Waals surface area contributed by atoms with Gasteiger partial charge in [-0.15, -0.1) is 0 Å². The minimum absolute atomic E-state index is 0.390. The SMILES string of the molecule is CCc1nc2c(Cl)cc(Cl)c(Cl)c2c(N)c1C. The van der Waals surface area contributed by atoms with Crippen LogP contribution in [0.4, 0.5) is 5.69 Å². The molecule has 0 aliphatic carbocycles. The Balaban J connectivity index is 3.01. The van der Waals surface area contributed by atoms with Crippen LogP contribution in [-0.4, -0.2) is 4.98 Å². The molecule has 1 heterocycles. The first kappa shape index (κ1) is 12.7. The molecule has 90 valence electrons. The number of fused-ring (bicyclic) bond motifs is 1. The van der Waals surface area contributed by atoms with Gasteiger partial charge in [-0.05, 0) is 25.0 Å². The third-order valence-electron chi connectivity index (χ3n) is 2.83. The summed E-state index contributed by atoms with van der Waals surface area (Å²) in [5.74, 6) is 0. The van der Waals surface area contributed by atoms with Gasteiger partial charge in [0.15, 0.2) is 0 Å². The normalized spacial score (nSPS) is 11.1. The van der Waals surface area contributed by atoms with Crippen LogP contribution in [-0.2, 0) is 6.42 Å². The van der Waals surface area contributed by atoms with Gasteiger partial charge >= 0.3 is 0 Å². The molecule has 0 aliphatic rings. The minimum Gasteiger partial charge on any atom is -0.398 e. The van der Waals surface area contributed by atoms with Gasteiger partial charge in [0, 0.05) is 16.8 Å². The summed E-state index contributed by atoms with van der Waals surface area (Å²) in [5, 5.41) is 1.90. The minimum atomic E-state index is 0.390. The molecule has 0 saturated carbocycles. The molecular weight excluding hydrogens is 279 g/mol. The Labute approximate surface area is 115 Å².